The van der Waals surface area contributed by atoms with Crippen molar-refractivity contribution in [3.63, 3.8) is 0 Å². The number of hydrogen-bond donors (Lipinski definition) is 3. The average Bonchev–Trinajstić information content (AvgIpc) is 2.83. The number of benzene rings is 3. The maximum absolute atomic E-state index is 8.70. The van der Waals surface area contributed by atoms with Crippen LogP contribution in [0.15, 0.2) is 85.2 Å². The van der Waals surface area contributed by atoms with Gasteiger partial charge in [0.15, 0.2) is 0 Å². The second-order valence-electron chi connectivity index (χ2n) is 6.79. The van der Waals surface area contributed by atoms with Crippen LogP contribution in [0, 0.1) is 12.3 Å². The van der Waals surface area contributed by atoms with E-state index in [1.165, 1.54) is 6.33 Å². The van der Waals surface area contributed by atoms with Gasteiger partial charge in [-0.2, -0.15) is 0 Å². The third kappa shape index (κ3) is 5.49. The summed E-state index contributed by atoms with van der Waals surface area (Å²) >= 11 is 0. The van der Waals surface area contributed by atoms with Crippen molar-refractivity contribution in [2.45, 2.75) is 20.8 Å². The molecule has 0 bridgehead atoms. The van der Waals surface area contributed by atoms with E-state index >= 15 is 0 Å². The summed E-state index contributed by atoms with van der Waals surface area (Å²) in [5.41, 5.74) is 9.50. The van der Waals surface area contributed by atoms with Crippen LogP contribution in [-0.2, 0) is 0 Å². The lowest BCUT2D eigenvalue weighted by Crippen LogP contribution is -2.12. The van der Waals surface area contributed by atoms with E-state index in [2.05, 4.69) is 15.3 Å². The fraction of sp³-hybridized carbons (Fsp3) is 0.115. The molecule has 4 rings (SSSR count). The Hall–Kier alpha value is -4.19. The van der Waals surface area contributed by atoms with Crippen molar-refractivity contribution in [2.75, 3.05) is 11.1 Å². The monoisotopic (exact) mass is 425 g/mol. The Kier molecular flexibility index (Phi) is 7.54. The molecule has 1 aromatic heterocycles. The molecule has 0 saturated heterocycles. The van der Waals surface area contributed by atoms with E-state index in [0.29, 0.717) is 22.7 Å². The van der Waals surface area contributed by atoms with Crippen LogP contribution in [0.2, 0.25) is 0 Å². The highest BCUT2D eigenvalue weighted by atomic mass is 16.5. The van der Waals surface area contributed by atoms with Gasteiger partial charge in [-0.15, -0.1) is 0 Å². The molecule has 0 saturated carbocycles. The molecule has 1 heterocycles. The molecule has 0 amide bonds. The Balaban J connectivity index is 0.00000141. The topological polar surface area (TPSA) is 96.9 Å². The highest BCUT2D eigenvalue weighted by molar-refractivity contribution is 6.16. The molecule has 0 radical (unpaired) electrons. The van der Waals surface area contributed by atoms with Crippen LogP contribution in [0.25, 0.3) is 0 Å². The fourth-order valence-electron chi connectivity index (χ4n) is 2.97. The Morgan fingerprint density at radius 1 is 0.844 bits per heavy atom. The Morgan fingerprint density at radius 3 is 2.12 bits per heavy atom. The third-order valence-corrected chi connectivity index (χ3v) is 4.56. The number of nitrogens with two attached hydrogens (primary N) is 1. The van der Waals surface area contributed by atoms with Crippen molar-refractivity contribution in [2.24, 2.45) is 0 Å². The van der Waals surface area contributed by atoms with Gasteiger partial charge in [0, 0.05) is 11.3 Å². The summed E-state index contributed by atoms with van der Waals surface area (Å²) in [4.78, 5) is 8.39. The van der Waals surface area contributed by atoms with Crippen LogP contribution in [-0.4, -0.2) is 15.7 Å². The van der Waals surface area contributed by atoms with Gasteiger partial charge in [0.25, 0.3) is 0 Å². The first-order chi connectivity index (χ1) is 15.6. The van der Waals surface area contributed by atoms with Crippen LogP contribution in [0.4, 0.5) is 17.3 Å². The number of nitrogens with zero attached hydrogens (tertiary/aromatic N) is 2. The lowest BCUT2D eigenvalue weighted by Gasteiger charge is -2.14. The molecular weight excluding hydrogens is 398 g/mol. The van der Waals surface area contributed by atoms with Crippen molar-refractivity contribution in [3.05, 3.63) is 102 Å². The van der Waals surface area contributed by atoms with Gasteiger partial charge in [0.1, 0.15) is 29.5 Å². The van der Waals surface area contributed by atoms with Gasteiger partial charge < -0.3 is 15.8 Å². The molecule has 4 N–H and O–H groups in total. The highest BCUT2D eigenvalue weighted by Crippen LogP contribution is 2.27. The molecule has 162 valence electrons. The van der Waals surface area contributed by atoms with Gasteiger partial charge in [0.05, 0.1) is 11.3 Å². The smallest absolute Gasteiger partial charge is 0.145 e. The standard InChI is InChI=1S/C24H21N5O.C2H6/c1-16-7-11-18(12-8-16)29-24-21(23(26)27-15-28-24)22(25)17-9-13-20(14-10-17)30-19-5-3-2-4-6-19;1-2/h2-15,25H,1H3,(H3,26,27,28,29);1-2H3. The second-order valence-corrected chi connectivity index (χ2v) is 6.79. The molecule has 3 aromatic carbocycles. The second kappa shape index (κ2) is 10.7. The Labute approximate surface area is 188 Å². The average molecular weight is 426 g/mol. The summed E-state index contributed by atoms with van der Waals surface area (Å²) < 4.78 is 5.82. The summed E-state index contributed by atoms with van der Waals surface area (Å²) in [6.45, 7) is 6.03. The first-order valence-electron chi connectivity index (χ1n) is 10.5. The maximum atomic E-state index is 8.70. The summed E-state index contributed by atoms with van der Waals surface area (Å²) in [6, 6.07) is 24.8. The minimum atomic E-state index is 0.231. The van der Waals surface area contributed by atoms with Gasteiger partial charge in [-0.25, -0.2) is 9.97 Å². The number of aryl methyl sites for hydroxylation is 1. The third-order valence-electron chi connectivity index (χ3n) is 4.56. The number of para-hydroxylation sites is 1. The Bertz CT molecular complexity index is 1160. The summed E-state index contributed by atoms with van der Waals surface area (Å²) in [6.07, 6.45) is 1.39. The van der Waals surface area contributed by atoms with Crippen molar-refractivity contribution in [1.82, 2.24) is 9.97 Å². The molecule has 6 heteroatoms. The molecule has 4 aromatic rings. The van der Waals surface area contributed by atoms with E-state index in [9.17, 15) is 0 Å². The normalized spacial score (nSPS) is 9.97. The Morgan fingerprint density at radius 2 is 1.47 bits per heavy atom. The fourth-order valence-corrected chi connectivity index (χ4v) is 2.97. The van der Waals surface area contributed by atoms with E-state index in [4.69, 9.17) is 15.9 Å². The van der Waals surface area contributed by atoms with Gasteiger partial charge in [0.2, 0.25) is 0 Å². The van der Waals surface area contributed by atoms with E-state index in [1.54, 1.807) is 0 Å². The molecular formula is C26H27N5O. The number of rotatable bonds is 6. The molecule has 32 heavy (non-hydrogen) atoms. The van der Waals surface area contributed by atoms with Crippen molar-refractivity contribution >= 4 is 23.0 Å². The number of nitrogens with one attached hydrogen (secondary N) is 2. The van der Waals surface area contributed by atoms with Crippen LogP contribution in [0.5, 0.6) is 11.5 Å². The molecule has 0 aliphatic heterocycles. The number of hydrogen-bond acceptors (Lipinski definition) is 6. The van der Waals surface area contributed by atoms with Crippen LogP contribution >= 0.6 is 0 Å². The van der Waals surface area contributed by atoms with Crippen molar-refractivity contribution in [1.29, 1.82) is 5.41 Å². The van der Waals surface area contributed by atoms with Gasteiger partial charge in [-0.3, -0.25) is 5.41 Å². The van der Waals surface area contributed by atoms with Gasteiger partial charge >= 0.3 is 0 Å². The zero-order chi connectivity index (χ0) is 22.9. The van der Waals surface area contributed by atoms with Gasteiger partial charge in [-0.05, 0) is 55.5 Å². The SMILES string of the molecule is CC.Cc1ccc(Nc2ncnc(N)c2C(=N)c2ccc(Oc3ccccc3)cc2)cc1. The predicted octanol–water partition coefficient (Wildman–Crippen LogP) is 6.35. The molecule has 0 spiro atoms. The first kappa shape index (κ1) is 22.5. The first-order valence-corrected chi connectivity index (χ1v) is 10.5. The molecule has 0 aliphatic carbocycles. The number of aromatic nitrogens is 2. The van der Waals surface area contributed by atoms with E-state index in [0.717, 1.165) is 17.0 Å². The van der Waals surface area contributed by atoms with Crippen LogP contribution in [0.3, 0.4) is 0 Å². The number of ether oxygens (including phenoxy) is 1. The quantitative estimate of drug-likeness (QED) is 0.313. The van der Waals surface area contributed by atoms with Crippen molar-refractivity contribution in [3.8, 4) is 11.5 Å². The molecule has 0 unspecified atom stereocenters. The lowest BCUT2D eigenvalue weighted by molar-refractivity contribution is 0.482. The zero-order valence-corrected chi connectivity index (χ0v) is 18.5. The van der Waals surface area contributed by atoms with Gasteiger partial charge in [-0.1, -0.05) is 49.7 Å². The summed E-state index contributed by atoms with van der Waals surface area (Å²) in [7, 11) is 0. The minimum absolute atomic E-state index is 0.231. The van der Waals surface area contributed by atoms with Crippen molar-refractivity contribution < 1.29 is 4.74 Å². The van der Waals surface area contributed by atoms with E-state index in [1.807, 2.05) is 99.6 Å². The van der Waals surface area contributed by atoms with Crippen LogP contribution < -0.4 is 15.8 Å². The zero-order valence-electron chi connectivity index (χ0n) is 18.5. The van der Waals surface area contributed by atoms with E-state index in [-0.39, 0.29) is 11.5 Å². The molecule has 6 nitrogen and oxygen atoms in total. The highest BCUT2D eigenvalue weighted by Gasteiger charge is 2.16. The molecule has 0 aliphatic rings. The minimum Gasteiger partial charge on any atom is -0.457 e. The lowest BCUT2D eigenvalue weighted by atomic mass is 10.0. The summed E-state index contributed by atoms with van der Waals surface area (Å²) in [5.74, 6) is 2.17. The predicted molar refractivity (Wildman–Crippen MR) is 131 cm³/mol. The number of anilines is 3. The largest absolute Gasteiger partial charge is 0.457 e. The van der Waals surface area contributed by atoms with Crippen LogP contribution in [0.1, 0.15) is 30.5 Å². The maximum Gasteiger partial charge on any atom is 0.145 e. The molecule has 0 fully saturated rings. The van der Waals surface area contributed by atoms with E-state index < -0.39 is 0 Å². The number of nitrogen functional groups attached to an aromatic ring is 1. The molecule has 0 atom stereocenters. The summed E-state index contributed by atoms with van der Waals surface area (Å²) in [5, 5.41) is 11.9.